The van der Waals surface area contributed by atoms with Gasteiger partial charge in [0.1, 0.15) is 0 Å². The Balaban J connectivity index is 2.54. The third-order valence-corrected chi connectivity index (χ3v) is 1.46. The Bertz CT molecular complexity index is 246. The zero-order chi connectivity index (χ0) is 8.81. The number of carbonyl (C=O) groups is 1. The molecule has 1 rings (SSSR count). The van der Waals surface area contributed by atoms with Crippen LogP contribution in [0.25, 0.3) is 0 Å². The van der Waals surface area contributed by atoms with Crippen molar-refractivity contribution in [2.24, 2.45) is 0 Å². The average molecular weight is 164 g/mol. The van der Waals surface area contributed by atoms with Gasteiger partial charge in [-0.1, -0.05) is 18.2 Å². The van der Waals surface area contributed by atoms with E-state index in [2.05, 4.69) is 10.6 Å². The first-order valence-electron chi connectivity index (χ1n) is 3.82. The van der Waals surface area contributed by atoms with E-state index in [4.69, 9.17) is 0 Å². The molecule has 0 aromatic heterocycles. The van der Waals surface area contributed by atoms with Gasteiger partial charge in [-0.2, -0.15) is 0 Å². The maximum absolute atomic E-state index is 11.3. The monoisotopic (exact) mass is 164 g/mol. The van der Waals surface area contributed by atoms with Gasteiger partial charge in [-0.3, -0.25) is 4.79 Å². The quantitative estimate of drug-likeness (QED) is 0.642. The summed E-state index contributed by atoms with van der Waals surface area (Å²) in [6.07, 6.45) is 0. The fourth-order valence-corrected chi connectivity index (χ4v) is 0.860. The molecule has 0 spiro atoms. The number of benzene rings is 1. The summed E-state index contributed by atoms with van der Waals surface area (Å²) < 4.78 is 0. The van der Waals surface area contributed by atoms with Crippen LogP contribution < -0.4 is 10.6 Å². The largest absolute Gasteiger partial charge is 0.339 e. The molecule has 0 radical (unpaired) electrons. The van der Waals surface area contributed by atoms with E-state index in [0.29, 0.717) is 12.2 Å². The third-order valence-electron chi connectivity index (χ3n) is 1.46. The minimum Gasteiger partial charge on any atom is -0.339 e. The number of amides is 1. The maximum Gasteiger partial charge on any atom is 0.252 e. The van der Waals surface area contributed by atoms with Crippen LogP contribution in [-0.2, 0) is 0 Å². The normalized spacial score (nSPS) is 9.42. The van der Waals surface area contributed by atoms with Crippen molar-refractivity contribution in [2.75, 3.05) is 13.7 Å². The summed E-state index contributed by atoms with van der Waals surface area (Å²) in [5.41, 5.74) is 0.688. The number of hydrogen-bond acceptors (Lipinski definition) is 2. The van der Waals surface area contributed by atoms with E-state index in [1.807, 2.05) is 18.2 Å². The van der Waals surface area contributed by atoms with Crippen molar-refractivity contribution in [3.8, 4) is 0 Å². The lowest BCUT2D eigenvalue weighted by Gasteiger charge is -2.02. The average Bonchev–Trinajstić information content (AvgIpc) is 2.15. The van der Waals surface area contributed by atoms with Crippen LogP contribution in [0, 0.1) is 0 Å². The number of carbonyl (C=O) groups excluding carboxylic acids is 1. The summed E-state index contributed by atoms with van der Waals surface area (Å²) in [5, 5.41) is 5.53. The number of hydrogen-bond donors (Lipinski definition) is 2. The second-order valence-electron chi connectivity index (χ2n) is 2.40. The Morgan fingerprint density at radius 2 is 2.00 bits per heavy atom. The molecule has 64 valence electrons. The van der Waals surface area contributed by atoms with Crippen molar-refractivity contribution < 1.29 is 4.79 Å². The predicted molar refractivity (Wildman–Crippen MR) is 47.8 cm³/mol. The van der Waals surface area contributed by atoms with Crippen LogP contribution in [0.5, 0.6) is 0 Å². The standard InChI is InChI=1S/C9H12N2O/c1-10-7-11-9(12)8-5-3-2-4-6-8/h2-6,10H,7H2,1H3,(H,11,12). The van der Waals surface area contributed by atoms with Crippen molar-refractivity contribution >= 4 is 5.91 Å². The minimum atomic E-state index is -0.0510. The van der Waals surface area contributed by atoms with Gasteiger partial charge in [0.25, 0.3) is 5.91 Å². The molecule has 3 nitrogen and oxygen atoms in total. The zero-order valence-corrected chi connectivity index (χ0v) is 7.00. The van der Waals surface area contributed by atoms with Crippen LogP contribution >= 0.6 is 0 Å². The molecule has 0 bridgehead atoms. The van der Waals surface area contributed by atoms with Crippen LogP contribution in [0.1, 0.15) is 10.4 Å². The molecule has 0 saturated carbocycles. The molecule has 2 N–H and O–H groups in total. The summed E-state index contributed by atoms with van der Waals surface area (Å²) in [7, 11) is 1.78. The van der Waals surface area contributed by atoms with E-state index in [-0.39, 0.29) is 5.91 Å². The van der Waals surface area contributed by atoms with Gasteiger partial charge in [-0.25, -0.2) is 0 Å². The second kappa shape index (κ2) is 4.51. The van der Waals surface area contributed by atoms with E-state index in [1.54, 1.807) is 19.2 Å². The fraction of sp³-hybridized carbons (Fsp3) is 0.222. The van der Waals surface area contributed by atoms with E-state index in [1.165, 1.54) is 0 Å². The van der Waals surface area contributed by atoms with E-state index in [0.717, 1.165) is 0 Å². The van der Waals surface area contributed by atoms with E-state index >= 15 is 0 Å². The summed E-state index contributed by atoms with van der Waals surface area (Å²) in [5.74, 6) is -0.0510. The van der Waals surface area contributed by atoms with E-state index in [9.17, 15) is 4.79 Å². The molecule has 0 unspecified atom stereocenters. The highest BCUT2D eigenvalue weighted by Gasteiger charge is 2.00. The lowest BCUT2D eigenvalue weighted by atomic mass is 10.2. The first-order chi connectivity index (χ1) is 5.84. The van der Waals surface area contributed by atoms with Crippen LogP contribution in [0.15, 0.2) is 30.3 Å². The molecule has 0 aliphatic rings. The molecule has 0 aliphatic heterocycles. The SMILES string of the molecule is CNCNC(=O)c1ccccc1. The van der Waals surface area contributed by atoms with Crippen molar-refractivity contribution in [1.29, 1.82) is 0 Å². The lowest BCUT2D eigenvalue weighted by Crippen LogP contribution is -2.31. The topological polar surface area (TPSA) is 41.1 Å². The number of rotatable bonds is 3. The lowest BCUT2D eigenvalue weighted by molar-refractivity contribution is 0.0951. The molecule has 0 saturated heterocycles. The van der Waals surface area contributed by atoms with Crippen LogP contribution in [0.3, 0.4) is 0 Å². The molecule has 12 heavy (non-hydrogen) atoms. The molecule has 3 heteroatoms. The third kappa shape index (κ3) is 2.36. The van der Waals surface area contributed by atoms with Gasteiger partial charge in [0.15, 0.2) is 0 Å². The second-order valence-corrected chi connectivity index (χ2v) is 2.40. The van der Waals surface area contributed by atoms with Gasteiger partial charge in [-0.15, -0.1) is 0 Å². The predicted octanol–water partition coefficient (Wildman–Crippen LogP) is 0.593. The summed E-state index contributed by atoms with van der Waals surface area (Å²) in [4.78, 5) is 11.3. The Morgan fingerprint density at radius 1 is 1.33 bits per heavy atom. The van der Waals surface area contributed by atoms with Crippen molar-refractivity contribution in [3.05, 3.63) is 35.9 Å². The van der Waals surface area contributed by atoms with Crippen LogP contribution in [0.2, 0.25) is 0 Å². The zero-order valence-electron chi connectivity index (χ0n) is 7.00. The highest BCUT2D eigenvalue weighted by Crippen LogP contribution is 1.96. The molecule has 1 amide bonds. The van der Waals surface area contributed by atoms with Gasteiger partial charge < -0.3 is 10.6 Å². The smallest absolute Gasteiger partial charge is 0.252 e. The molecule has 1 aromatic carbocycles. The minimum absolute atomic E-state index is 0.0510. The Hall–Kier alpha value is -1.35. The summed E-state index contributed by atoms with van der Waals surface area (Å²) in [6.45, 7) is 0.494. The van der Waals surface area contributed by atoms with Gasteiger partial charge in [0, 0.05) is 5.56 Å². The Labute approximate surface area is 71.8 Å². The van der Waals surface area contributed by atoms with Gasteiger partial charge >= 0.3 is 0 Å². The fourth-order valence-electron chi connectivity index (χ4n) is 0.860. The molecular formula is C9H12N2O. The van der Waals surface area contributed by atoms with Gasteiger partial charge in [0.05, 0.1) is 6.67 Å². The van der Waals surface area contributed by atoms with Crippen molar-refractivity contribution in [3.63, 3.8) is 0 Å². The molecule has 1 aromatic rings. The molecule has 0 heterocycles. The molecular weight excluding hydrogens is 152 g/mol. The van der Waals surface area contributed by atoms with Gasteiger partial charge in [0.2, 0.25) is 0 Å². The molecule has 0 fully saturated rings. The van der Waals surface area contributed by atoms with Crippen LogP contribution in [-0.4, -0.2) is 19.6 Å². The Kier molecular flexibility index (Phi) is 3.29. The maximum atomic E-state index is 11.3. The summed E-state index contributed by atoms with van der Waals surface area (Å²) >= 11 is 0. The number of nitrogens with one attached hydrogen (secondary N) is 2. The molecule has 0 aliphatic carbocycles. The van der Waals surface area contributed by atoms with Crippen molar-refractivity contribution in [2.45, 2.75) is 0 Å². The van der Waals surface area contributed by atoms with Crippen LogP contribution in [0.4, 0.5) is 0 Å². The van der Waals surface area contributed by atoms with E-state index < -0.39 is 0 Å². The first-order valence-corrected chi connectivity index (χ1v) is 3.82. The summed E-state index contributed by atoms with van der Waals surface area (Å²) in [6, 6.07) is 9.13. The Morgan fingerprint density at radius 3 is 2.58 bits per heavy atom. The molecule has 0 atom stereocenters. The first kappa shape index (κ1) is 8.74. The highest BCUT2D eigenvalue weighted by atomic mass is 16.1. The van der Waals surface area contributed by atoms with Crippen molar-refractivity contribution in [1.82, 2.24) is 10.6 Å². The highest BCUT2D eigenvalue weighted by molar-refractivity contribution is 5.93. The van der Waals surface area contributed by atoms with Gasteiger partial charge in [-0.05, 0) is 19.2 Å².